The molecule has 0 bridgehead atoms. The number of ether oxygens (including phenoxy) is 1. The first-order valence-corrected chi connectivity index (χ1v) is 6.93. The molecule has 92 valence electrons. The standard InChI is InChI=1S/C12H17N3OS/c13-10(5-9-1-3-16-8-9)6-11-7-15-2-4-17-12(15)14-11/h2,4,7,9-10H,1,3,5-6,8,13H2. The summed E-state index contributed by atoms with van der Waals surface area (Å²) in [6.45, 7) is 1.78. The van der Waals surface area contributed by atoms with Crippen molar-refractivity contribution in [1.29, 1.82) is 0 Å². The van der Waals surface area contributed by atoms with E-state index < -0.39 is 0 Å². The Labute approximate surface area is 104 Å². The molecular formula is C12H17N3OS. The molecule has 1 fully saturated rings. The SMILES string of the molecule is NC(Cc1cn2ccsc2n1)CC1CCOC1. The maximum Gasteiger partial charge on any atom is 0.193 e. The van der Waals surface area contributed by atoms with E-state index in [9.17, 15) is 0 Å². The van der Waals surface area contributed by atoms with E-state index >= 15 is 0 Å². The predicted octanol–water partition coefficient (Wildman–Crippen LogP) is 1.69. The third kappa shape index (κ3) is 2.51. The van der Waals surface area contributed by atoms with E-state index in [4.69, 9.17) is 10.5 Å². The number of aromatic nitrogens is 2. The van der Waals surface area contributed by atoms with Crippen molar-refractivity contribution in [3.63, 3.8) is 0 Å². The molecule has 2 unspecified atom stereocenters. The van der Waals surface area contributed by atoms with E-state index in [0.29, 0.717) is 5.92 Å². The Balaban J connectivity index is 1.60. The fourth-order valence-electron chi connectivity index (χ4n) is 2.42. The minimum absolute atomic E-state index is 0.200. The molecule has 0 amide bonds. The molecule has 2 aromatic heterocycles. The van der Waals surface area contributed by atoms with Crippen molar-refractivity contribution in [2.45, 2.75) is 25.3 Å². The Morgan fingerprint density at radius 1 is 1.65 bits per heavy atom. The molecule has 0 aliphatic carbocycles. The number of fused-ring (bicyclic) bond motifs is 1. The van der Waals surface area contributed by atoms with Crippen molar-refractivity contribution >= 4 is 16.3 Å². The van der Waals surface area contributed by atoms with Crippen LogP contribution < -0.4 is 5.73 Å². The van der Waals surface area contributed by atoms with Crippen molar-refractivity contribution in [1.82, 2.24) is 9.38 Å². The first kappa shape index (κ1) is 11.2. The van der Waals surface area contributed by atoms with Crippen LogP contribution in [0, 0.1) is 5.92 Å². The molecule has 0 aromatic carbocycles. The Hall–Kier alpha value is -0.910. The molecule has 1 saturated heterocycles. The Morgan fingerprint density at radius 3 is 3.35 bits per heavy atom. The molecule has 4 nitrogen and oxygen atoms in total. The third-order valence-electron chi connectivity index (χ3n) is 3.27. The largest absolute Gasteiger partial charge is 0.381 e. The van der Waals surface area contributed by atoms with Crippen LogP contribution in [0.1, 0.15) is 18.5 Å². The van der Waals surface area contributed by atoms with Gasteiger partial charge in [0.1, 0.15) is 0 Å². The van der Waals surface area contributed by atoms with Crippen molar-refractivity contribution in [3.8, 4) is 0 Å². The summed E-state index contributed by atoms with van der Waals surface area (Å²) in [6.07, 6.45) is 7.19. The number of nitrogens with two attached hydrogens (primary N) is 1. The van der Waals surface area contributed by atoms with Crippen LogP contribution in [-0.2, 0) is 11.2 Å². The van der Waals surface area contributed by atoms with Crippen LogP contribution in [0.2, 0.25) is 0 Å². The van der Waals surface area contributed by atoms with Crippen LogP contribution in [0.5, 0.6) is 0 Å². The van der Waals surface area contributed by atoms with Crippen LogP contribution in [0.4, 0.5) is 0 Å². The highest BCUT2D eigenvalue weighted by atomic mass is 32.1. The molecule has 0 spiro atoms. The number of thiazole rings is 1. The van der Waals surface area contributed by atoms with Crippen molar-refractivity contribution in [3.05, 3.63) is 23.5 Å². The molecule has 0 saturated carbocycles. The van der Waals surface area contributed by atoms with E-state index in [2.05, 4.69) is 15.6 Å². The maximum atomic E-state index is 6.17. The first-order chi connectivity index (χ1) is 8.31. The number of hydrogen-bond acceptors (Lipinski definition) is 4. The summed E-state index contributed by atoms with van der Waals surface area (Å²) in [5.74, 6) is 0.647. The van der Waals surface area contributed by atoms with Gasteiger partial charge in [0.25, 0.3) is 0 Å². The van der Waals surface area contributed by atoms with E-state index in [1.165, 1.54) is 0 Å². The number of rotatable bonds is 4. The molecule has 3 rings (SSSR count). The highest BCUT2D eigenvalue weighted by Crippen LogP contribution is 2.19. The summed E-state index contributed by atoms with van der Waals surface area (Å²) in [4.78, 5) is 5.61. The number of imidazole rings is 1. The molecular weight excluding hydrogens is 234 g/mol. The zero-order chi connectivity index (χ0) is 11.7. The fraction of sp³-hybridized carbons (Fsp3) is 0.583. The summed E-state index contributed by atoms with van der Waals surface area (Å²) in [5.41, 5.74) is 7.27. The van der Waals surface area contributed by atoms with Gasteiger partial charge in [-0.1, -0.05) is 0 Å². The molecule has 2 N–H and O–H groups in total. The minimum Gasteiger partial charge on any atom is -0.381 e. The summed E-state index contributed by atoms with van der Waals surface area (Å²) >= 11 is 1.66. The lowest BCUT2D eigenvalue weighted by Gasteiger charge is -2.13. The van der Waals surface area contributed by atoms with Gasteiger partial charge in [0.15, 0.2) is 4.96 Å². The second-order valence-corrected chi connectivity index (χ2v) is 5.63. The summed E-state index contributed by atoms with van der Waals surface area (Å²) in [7, 11) is 0. The Kier molecular flexibility index (Phi) is 3.13. The minimum atomic E-state index is 0.200. The highest BCUT2D eigenvalue weighted by molar-refractivity contribution is 7.15. The lowest BCUT2D eigenvalue weighted by molar-refractivity contribution is 0.182. The maximum absolute atomic E-state index is 6.17. The average Bonchev–Trinajstić information content (AvgIpc) is 2.92. The van der Waals surface area contributed by atoms with Gasteiger partial charge in [-0.25, -0.2) is 4.98 Å². The van der Waals surface area contributed by atoms with E-state index in [1.807, 2.05) is 11.6 Å². The smallest absolute Gasteiger partial charge is 0.193 e. The Bertz CT molecular complexity index is 458. The van der Waals surface area contributed by atoms with Gasteiger partial charge in [-0.15, -0.1) is 11.3 Å². The molecule has 1 aliphatic rings. The first-order valence-electron chi connectivity index (χ1n) is 6.05. The van der Waals surface area contributed by atoms with Crippen LogP contribution in [0.15, 0.2) is 17.8 Å². The van der Waals surface area contributed by atoms with Gasteiger partial charge < -0.3 is 10.5 Å². The van der Waals surface area contributed by atoms with Gasteiger partial charge in [-0.2, -0.15) is 0 Å². The van der Waals surface area contributed by atoms with Crippen LogP contribution in [-0.4, -0.2) is 28.6 Å². The number of hydrogen-bond donors (Lipinski definition) is 1. The average molecular weight is 251 g/mol. The third-order valence-corrected chi connectivity index (χ3v) is 4.05. The van der Waals surface area contributed by atoms with Crippen LogP contribution in [0.25, 0.3) is 4.96 Å². The normalized spacial score (nSPS) is 22.3. The second-order valence-electron chi connectivity index (χ2n) is 4.75. The lowest BCUT2D eigenvalue weighted by Crippen LogP contribution is -2.26. The second kappa shape index (κ2) is 4.76. The topological polar surface area (TPSA) is 52.5 Å². The quantitative estimate of drug-likeness (QED) is 0.899. The van der Waals surface area contributed by atoms with Crippen LogP contribution >= 0.6 is 11.3 Å². The summed E-state index contributed by atoms with van der Waals surface area (Å²) in [6, 6.07) is 0.200. The lowest BCUT2D eigenvalue weighted by atomic mass is 9.97. The summed E-state index contributed by atoms with van der Waals surface area (Å²) in [5, 5.41) is 2.04. The fourth-order valence-corrected chi connectivity index (χ4v) is 3.14. The van der Waals surface area contributed by atoms with Crippen molar-refractivity contribution < 1.29 is 4.74 Å². The zero-order valence-corrected chi connectivity index (χ0v) is 10.5. The van der Waals surface area contributed by atoms with Crippen LogP contribution in [0.3, 0.4) is 0 Å². The van der Waals surface area contributed by atoms with Gasteiger partial charge in [0.05, 0.1) is 5.69 Å². The molecule has 3 heterocycles. The Morgan fingerprint density at radius 2 is 2.59 bits per heavy atom. The van der Waals surface area contributed by atoms with Crippen molar-refractivity contribution in [2.24, 2.45) is 11.7 Å². The highest BCUT2D eigenvalue weighted by Gasteiger charge is 2.19. The predicted molar refractivity (Wildman–Crippen MR) is 68.3 cm³/mol. The molecule has 2 aromatic rings. The van der Waals surface area contributed by atoms with E-state index in [1.54, 1.807) is 11.3 Å². The van der Waals surface area contributed by atoms with E-state index in [-0.39, 0.29) is 6.04 Å². The van der Waals surface area contributed by atoms with Gasteiger partial charge >= 0.3 is 0 Å². The number of nitrogens with zero attached hydrogens (tertiary/aromatic N) is 2. The monoisotopic (exact) mass is 251 g/mol. The van der Waals surface area contributed by atoms with Gasteiger partial charge in [-0.3, -0.25) is 4.40 Å². The van der Waals surface area contributed by atoms with E-state index in [0.717, 1.165) is 43.1 Å². The molecule has 17 heavy (non-hydrogen) atoms. The summed E-state index contributed by atoms with van der Waals surface area (Å²) < 4.78 is 7.43. The molecule has 0 radical (unpaired) electrons. The van der Waals surface area contributed by atoms with Gasteiger partial charge in [0.2, 0.25) is 0 Å². The van der Waals surface area contributed by atoms with Gasteiger partial charge in [0, 0.05) is 43.5 Å². The van der Waals surface area contributed by atoms with Gasteiger partial charge in [-0.05, 0) is 18.8 Å². The molecule has 1 aliphatic heterocycles. The van der Waals surface area contributed by atoms with Crippen molar-refractivity contribution in [2.75, 3.05) is 13.2 Å². The molecule has 5 heteroatoms. The zero-order valence-electron chi connectivity index (χ0n) is 9.71. The molecule has 2 atom stereocenters.